The van der Waals surface area contributed by atoms with Gasteiger partial charge in [-0.1, -0.05) is 94.3 Å². The number of hydrogen-bond donors (Lipinski definition) is 1. The Labute approximate surface area is 165 Å². The molecule has 0 aromatic heterocycles. The molecular weight excluding hydrogens is 348 g/mol. The summed E-state index contributed by atoms with van der Waals surface area (Å²) in [6.07, 6.45) is 0.308. The van der Waals surface area contributed by atoms with Crippen LogP contribution in [-0.4, -0.2) is 25.1 Å². The van der Waals surface area contributed by atoms with Gasteiger partial charge in [0.25, 0.3) is 8.32 Å². The summed E-state index contributed by atoms with van der Waals surface area (Å²) in [5.74, 6) is 5.81. The van der Waals surface area contributed by atoms with Crippen molar-refractivity contribution in [1.82, 2.24) is 0 Å². The van der Waals surface area contributed by atoms with Gasteiger partial charge in [0.15, 0.2) is 0 Å². The minimum atomic E-state index is -2.70. The van der Waals surface area contributed by atoms with Crippen molar-refractivity contribution in [3.05, 3.63) is 60.7 Å². The van der Waals surface area contributed by atoms with Crippen molar-refractivity contribution in [2.75, 3.05) is 0 Å². The van der Waals surface area contributed by atoms with Crippen molar-refractivity contribution in [1.29, 1.82) is 0 Å². The lowest BCUT2D eigenvalue weighted by atomic mass is 9.98. The smallest absolute Gasteiger partial charge is 0.261 e. The van der Waals surface area contributed by atoms with Crippen molar-refractivity contribution in [2.45, 2.75) is 64.7 Å². The molecule has 0 aliphatic heterocycles. The monoisotopic (exact) mass is 380 g/mol. The first kappa shape index (κ1) is 21.4. The van der Waals surface area contributed by atoms with E-state index in [9.17, 15) is 5.11 Å². The Kier molecular flexibility index (Phi) is 6.70. The molecule has 0 heterocycles. The third-order valence-electron chi connectivity index (χ3n) is 5.11. The van der Waals surface area contributed by atoms with Crippen LogP contribution in [0.25, 0.3) is 0 Å². The maximum atomic E-state index is 11.0. The van der Waals surface area contributed by atoms with Crippen molar-refractivity contribution in [2.24, 2.45) is 0 Å². The molecule has 2 aromatic rings. The predicted octanol–water partition coefficient (Wildman–Crippen LogP) is 4.12. The van der Waals surface area contributed by atoms with Gasteiger partial charge in [0, 0.05) is 0 Å². The molecule has 2 atom stereocenters. The van der Waals surface area contributed by atoms with E-state index in [4.69, 9.17) is 4.43 Å². The van der Waals surface area contributed by atoms with Crippen LogP contribution in [0.15, 0.2) is 60.7 Å². The summed E-state index contributed by atoms with van der Waals surface area (Å²) < 4.78 is 7.03. The summed E-state index contributed by atoms with van der Waals surface area (Å²) in [6, 6.07) is 21.0. The zero-order valence-electron chi connectivity index (χ0n) is 17.4. The summed E-state index contributed by atoms with van der Waals surface area (Å²) in [5.41, 5.74) is -1.20. The molecule has 0 amide bonds. The molecule has 0 aliphatic carbocycles. The van der Waals surface area contributed by atoms with Crippen LogP contribution in [0.3, 0.4) is 0 Å². The minimum Gasteiger partial charge on any atom is -0.401 e. The van der Waals surface area contributed by atoms with Gasteiger partial charge in [0.05, 0.1) is 6.10 Å². The molecule has 27 heavy (non-hydrogen) atoms. The topological polar surface area (TPSA) is 29.5 Å². The van der Waals surface area contributed by atoms with E-state index in [2.05, 4.69) is 81.1 Å². The highest BCUT2D eigenvalue weighted by atomic mass is 28.4. The van der Waals surface area contributed by atoms with Gasteiger partial charge < -0.3 is 9.53 Å². The van der Waals surface area contributed by atoms with E-state index in [-0.39, 0.29) is 11.1 Å². The van der Waals surface area contributed by atoms with E-state index < -0.39 is 13.9 Å². The highest BCUT2D eigenvalue weighted by Gasteiger charge is 2.53. The molecule has 2 nitrogen and oxygen atoms in total. The molecule has 1 N–H and O–H groups in total. The highest BCUT2D eigenvalue weighted by molar-refractivity contribution is 6.99. The minimum absolute atomic E-state index is 0.126. The van der Waals surface area contributed by atoms with Crippen molar-refractivity contribution in [3.8, 4) is 11.8 Å². The molecule has 0 saturated heterocycles. The van der Waals surface area contributed by atoms with E-state index >= 15 is 0 Å². The second-order valence-corrected chi connectivity index (χ2v) is 12.5. The number of benzene rings is 2. The van der Waals surface area contributed by atoms with Gasteiger partial charge in [-0.2, -0.15) is 0 Å². The summed E-state index contributed by atoms with van der Waals surface area (Å²) in [6.45, 7) is 12.3. The fraction of sp³-hybridized carbons (Fsp3) is 0.417. The molecule has 0 aliphatic rings. The van der Waals surface area contributed by atoms with Crippen molar-refractivity contribution >= 4 is 18.7 Å². The molecule has 0 spiro atoms. The highest BCUT2D eigenvalue weighted by Crippen LogP contribution is 2.39. The van der Waals surface area contributed by atoms with Crippen molar-refractivity contribution in [3.63, 3.8) is 0 Å². The zero-order valence-corrected chi connectivity index (χ0v) is 18.4. The van der Waals surface area contributed by atoms with Gasteiger partial charge in [-0.3, -0.25) is 0 Å². The Morgan fingerprint density at radius 3 is 1.70 bits per heavy atom. The quantitative estimate of drug-likeness (QED) is 0.603. The van der Waals surface area contributed by atoms with Gasteiger partial charge in [0.1, 0.15) is 5.60 Å². The van der Waals surface area contributed by atoms with Crippen LogP contribution in [0.2, 0.25) is 5.04 Å². The number of aliphatic hydroxyl groups is 1. The Morgan fingerprint density at radius 1 is 0.926 bits per heavy atom. The summed E-state index contributed by atoms with van der Waals surface area (Å²) in [7, 11) is -2.70. The summed E-state index contributed by atoms with van der Waals surface area (Å²) in [5, 5.41) is 13.3. The Bertz CT molecular complexity index is 740. The Morgan fingerprint density at radius 2 is 1.37 bits per heavy atom. The van der Waals surface area contributed by atoms with Gasteiger partial charge in [-0.25, -0.2) is 0 Å². The normalized spacial score (nSPS) is 15.4. The maximum absolute atomic E-state index is 11.0. The first-order valence-electron chi connectivity index (χ1n) is 9.64. The van der Waals surface area contributed by atoms with Crippen LogP contribution in [0.5, 0.6) is 0 Å². The lowest BCUT2D eigenvalue weighted by molar-refractivity contribution is -0.0107. The standard InChI is InChI=1S/C24H32O2Si/c1-7-19-24(6,25)22(8-2)26-27(23(3,4)5,20-15-11-9-12-16-20)21-17-13-10-14-18-21/h9-18,22,25H,8H2,1-6H3/t22-,24+/m1/s1. The molecular formula is C24H32O2Si. The second kappa shape index (κ2) is 8.44. The third-order valence-corrected chi connectivity index (χ3v) is 10.2. The fourth-order valence-electron chi connectivity index (χ4n) is 3.83. The fourth-order valence-corrected chi connectivity index (χ4v) is 8.67. The van der Waals surface area contributed by atoms with E-state index in [0.29, 0.717) is 6.42 Å². The first-order chi connectivity index (χ1) is 12.7. The van der Waals surface area contributed by atoms with Crippen LogP contribution >= 0.6 is 0 Å². The van der Waals surface area contributed by atoms with E-state index in [1.165, 1.54) is 10.4 Å². The summed E-state index contributed by atoms with van der Waals surface area (Å²) in [4.78, 5) is 0. The van der Waals surface area contributed by atoms with Crippen LogP contribution < -0.4 is 10.4 Å². The van der Waals surface area contributed by atoms with Gasteiger partial charge in [-0.05, 0) is 35.7 Å². The van der Waals surface area contributed by atoms with Gasteiger partial charge >= 0.3 is 0 Å². The zero-order chi connectivity index (χ0) is 20.1. The first-order valence-corrected chi connectivity index (χ1v) is 11.5. The van der Waals surface area contributed by atoms with Crippen LogP contribution in [-0.2, 0) is 4.43 Å². The van der Waals surface area contributed by atoms with E-state index in [1.54, 1.807) is 13.8 Å². The predicted molar refractivity (Wildman–Crippen MR) is 117 cm³/mol. The maximum Gasteiger partial charge on any atom is 0.261 e. The van der Waals surface area contributed by atoms with Crippen molar-refractivity contribution < 1.29 is 9.53 Å². The molecule has 3 heteroatoms. The molecule has 0 radical (unpaired) electrons. The lowest BCUT2D eigenvalue weighted by Crippen LogP contribution is -2.69. The Balaban J connectivity index is 2.74. The number of hydrogen-bond acceptors (Lipinski definition) is 2. The average molecular weight is 381 g/mol. The Hall–Kier alpha value is -1.86. The van der Waals surface area contributed by atoms with Crippen LogP contribution in [0, 0.1) is 11.8 Å². The van der Waals surface area contributed by atoms with Gasteiger partial charge in [0.2, 0.25) is 0 Å². The molecule has 0 saturated carbocycles. The van der Waals surface area contributed by atoms with Gasteiger partial charge in [-0.15, -0.1) is 5.92 Å². The molecule has 0 bridgehead atoms. The second-order valence-electron chi connectivity index (χ2n) is 8.20. The van der Waals surface area contributed by atoms with Crippen LogP contribution in [0.1, 0.15) is 48.0 Å². The number of rotatable bonds is 6. The summed E-state index contributed by atoms with van der Waals surface area (Å²) >= 11 is 0. The SMILES string of the molecule is CC#C[C@](C)(O)[C@@H](CC)O[Si](c1ccccc1)(c1ccccc1)C(C)(C)C. The third kappa shape index (κ3) is 4.35. The molecule has 0 fully saturated rings. The molecule has 0 unspecified atom stereocenters. The largest absolute Gasteiger partial charge is 0.401 e. The van der Waals surface area contributed by atoms with E-state index in [0.717, 1.165) is 0 Å². The average Bonchev–Trinajstić information content (AvgIpc) is 2.63. The molecule has 2 rings (SSSR count). The van der Waals surface area contributed by atoms with E-state index in [1.807, 2.05) is 19.1 Å². The lowest BCUT2D eigenvalue weighted by Gasteiger charge is -2.46. The van der Waals surface area contributed by atoms with Crippen LogP contribution in [0.4, 0.5) is 0 Å². The molecule has 144 valence electrons. The molecule has 2 aromatic carbocycles.